The van der Waals surface area contributed by atoms with E-state index in [9.17, 15) is 13.6 Å². The number of allylic oxidation sites excluding steroid dienone is 1. The molecule has 0 aliphatic rings. The van der Waals surface area contributed by atoms with E-state index >= 15 is 0 Å². The Kier molecular flexibility index (Phi) is 4.25. The SMILES string of the molecule is COc1ccc(/C=C/C(=O)c2cccc(F)c2)cc1F. The molecule has 2 nitrogen and oxygen atoms in total. The first-order valence-corrected chi connectivity index (χ1v) is 5.91. The molecular weight excluding hydrogens is 262 g/mol. The molecule has 0 aliphatic carbocycles. The molecular formula is C16H12F2O2. The summed E-state index contributed by atoms with van der Waals surface area (Å²) in [4.78, 5) is 11.8. The molecule has 2 aromatic rings. The predicted molar refractivity (Wildman–Crippen MR) is 72.7 cm³/mol. The molecule has 0 heterocycles. The van der Waals surface area contributed by atoms with Crippen molar-refractivity contribution in [3.8, 4) is 5.75 Å². The highest BCUT2D eigenvalue weighted by Gasteiger charge is 2.04. The highest BCUT2D eigenvalue weighted by atomic mass is 19.1. The average molecular weight is 274 g/mol. The summed E-state index contributed by atoms with van der Waals surface area (Å²) >= 11 is 0. The number of benzene rings is 2. The van der Waals surface area contributed by atoms with Crippen molar-refractivity contribution in [1.82, 2.24) is 0 Å². The molecule has 0 bridgehead atoms. The topological polar surface area (TPSA) is 26.3 Å². The Morgan fingerprint density at radius 2 is 1.95 bits per heavy atom. The van der Waals surface area contributed by atoms with E-state index in [-0.39, 0.29) is 17.1 Å². The number of methoxy groups -OCH3 is 1. The van der Waals surface area contributed by atoms with Gasteiger partial charge in [0.2, 0.25) is 0 Å². The van der Waals surface area contributed by atoms with Crippen LogP contribution in [0.15, 0.2) is 48.5 Å². The number of hydrogen-bond donors (Lipinski definition) is 0. The minimum atomic E-state index is -0.507. The smallest absolute Gasteiger partial charge is 0.185 e. The lowest BCUT2D eigenvalue weighted by Gasteiger charge is -2.01. The van der Waals surface area contributed by atoms with Crippen LogP contribution in [-0.4, -0.2) is 12.9 Å². The Balaban J connectivity index is 2.17. The molecule has 0 radical (unpaired) electrons. The standard InChI is InChI=1S/C16H12F2O2/c1-20-16-8-6-11(9-14(16)18)5-7-15(19)12-3-2-4-13(17)10-12/h2-10H,1H3/b7-5+. The fourth-order valence-corrected chi connectivity index (χ4v) is 1.70. The van der Waals surface area contributed by atoms with Gasteiger partial charge in [0.1, 0.15) is 5.82 Å². The van der Waals surface area contributed by atoms with Gasteiger partial charge >= 0.3 is 0 Å². The quantitative estimate of drug-likeness (QED) is 0.625. The van der Waals surface area contributed by atoms with Crippen LogP contribution in [0.4, 0.5) is 8.78 Å². The van der Waals surface area contributed by atoms with Crippen LogP contribution < -0.4 is 4.74 Å². The van der Waals surface area contributed by atoms with E-state index in [1.54, 1.807) is 6.07 Å². The normalized spacial score (nSPS) is 10.8. The Labute approximate surface area is 115 Å². The molecule has 4 heteroatoms. The van der Waals surface area contributed by atoms with Gasteiger partial charge in [0.15, 0.2) is 17.3 Å². The fourth-order valence-electron chi connectivity index (χ4n) is 1.70. The molecule has 0 fully saturated rings. The minimum absolute atomic E-state index is 0.138. The Bertz CT molecular complexity index is 663. The maximum Gasteiger partial charge on any atom is 0.185 e. The van der Waals surface area contributed by atoms with Gasteiger partial charge in [0.05, 0.1) is 7.11 Å². The lowest BCUT2D eigenvalue weighted by molar-refractivity contribution is 0.104. The summed E-state index contributed by atoms with van der Waals surface area (Å²) in [5.41, 5.74) is 0.767. The van der Waals surface area contributed by atoms with E-state index in [0.717, 1.165) is 6.07 Å². The lowest BCUT2D eigenvalue weighted by atomic mass is 10.1. The van der Waals surface area contributed by atoms with E-state index in [1.165, 1.54) is 49.6 Å². The maximum atomic E-state index is 13.5. The van der Waals surface area contributed by atoms with Crippen molar-refractivity contribution in [2.24, 2.45) is 0 Å². The van der Waals surface area contributed by atoms with E-state index in [0.29, 0.717) is 5.56 Å². The van der Waals surface area contributed by atoms with Crippen LogP contribution in [0, 0.1) is 11.6 Å². The van der Waals surface area contributed by atoms with Gasteiger partial charge in [0.25, 0.3) is 0 Å². The maximum absolute atomic E-state index is 13.5. The number of hydrogen-bond acceptors (Lipinski definition) is 2. The van der Waals surface area contributed by atoms with Crippen molar-refractivity contribution in [2.45, 2.75) is 0 Å². The molecule has 0 aliphatic heterocycles. The van der Waals surface area contributed by atoms with Crippen LogP contribution in [0.25, 0.3) is 6.08 Å². The zero-order valence-electron chi connectivity index (χ0n) is 10.8. The Morgan fingerprint density at radius 3 is 2.60 bits per heavy atom. The molecule has 0 spiro atoms. The number of ketones is 1. The molecule has 0 saturated heterocycles. The third-order valence-corrected chi connectivity index (χ3v) is 2.71. The van der Waals surface area contributed by atoms with Gasteiger partial charge < -0.3 is 4.74 Å². The molecule has 2 rings (SSSR count). The number of carbonyl (C=O) groups excluding carboxylic acids is 1. The van der Waals surface area contributed by atoms with Crippen molar-refractivity contribution < 1.29 is 18.3 Å². The van der Waals surface area contributed by atoms with E-state index in [1.807, 2.05) is 0 Å². The second-order valence-electron chi connectivity index (χ2n) is 4.10. The lowest BCUT2D eigenvalue weighted by Crippen LogP contribution is -1.94. The first-order chi connectivity index (χ1) is 9.60. The van der Waals surface area contributed by atoms with Crippen molar-refractivity contribution >= 4 is 11.9 Å². The zero-order chi connectivity index (χ0) is 14.5. The summed E-state index contributed by atoms with van der Waals surface area (Å²) in [7, 11) is 1.38. The monoisotopic (exact) mass is 274 g/mol. The summed E-state index contributed by atoms with van der Waals surface area (Å²) in [5, 5.41) is 0. The predicted octanol–water partition coefficient (Wildman–Crippen LogP) is 3.87. The molecule has 2 aromatic carbocycles. The third-order valence-electron chi connectivity index (χ3n) is 2.71. The van der Waals surface area contributed by atoms with Gasteiger partial charge in [-0.15, -0.1) is 0 Å². The summed E-state index contributed by atoms with van der Waals surface area (Å²) in [5.74, 6) is -1.19. The Hall–Kier alpha value is -2.49. The van der Waals surface area contributed by atoms with Crippen molar-refractivity contribution in [3.63, 3.8) is 0 Å². The van der Waals surface area contributed by atoms with Crippen LogP contribution >= 0.6 is 0 Å². The van der Waals surface area contributed by atoms with E-state index < -0.39 is 11.6 Å². The van der Waals surface area contributed by atoms with Crippen LogP contribution in [-0.2, 0) is 0 Å². The molecule has 102 valence electrons. The molecule has 0 amide bonds. The highest BCUT2D eigenvalue weighted by molar-refractivity contribution is 6.06. The van der Waals surface area contributed by atoms with Crippen molar-refractivity contribution in [2.75, 3.05) is 7.11 Å². The summed E-state index contributed by atoms with van der Waals surface area (Å²) in [6.07, 6.45) is 2.74. The summed E-state index contributed by atoms with van der Waals surface area (Å²) in [6.45, 7) is 0. The first-order valence-electron chi connectivity index (χ1n) is 5.91. The molecule has 0 N–H and O–H groups in total. The summed E-state index contributed by atoms with van der Waals surface area (Å²) < 4.78 is 31.2. The van der Waals surface area contributed by atoms with Gasteiger partial charge in [-0.25, -0.2) is 8.78 Å². The van der Waals surface area contributed by atoms with E-state index in [2.05, 4.69) is 0 Å². The average Bonchev–Trinajstić information content (AvgIpc) is 2.45. The van der Waals surface area contributed by atoms with Crippen LogP contribution in [0.5, 0.6) is 5.75 Å². The van der Waals surface area contributed by atoms with E-state index in [4.69, 9.17) is 4.74 Å². The number of rotatable bonds is 4. The van der Waals surface area contributed by atoms with Crippen LogP contribution in [0.2, 0.25) is 0 Å². The molecule has 0 aromatic heterocycles. The highest BCUT2D eigenvalue weighted by Crippen LogP contribution is 2.18. The first kappa shape index (κ1) is 13.9. The Morgan fingerprint density at radius 1 is 1.15 bits per heavy atom. The van der Waals surface area contributed by atoms with Gasteiger partial charge in [-0.05, 0) is 35.9 Å². The van der Waals surface area contributed by atoms with Gasteiger partial charge in [-0.3, -0.25) is 4.79 Å². The largest absolute Gasteiger partial charge is 0.494 e. The molecule has 0 unspecified atom stereocenters. The summed E-state index contributed by atoms with van der Waals surface area (Å²) in [6, 6.07) is 9.75. The second kappa shape index (κ2) is 6.10. The van der Waals surface area contributed by atoms with Crippen LogP contribution in [0.3, 0.4) is 0 Å². The molecule has 0 atom stereocenters. The molecule has 0 saturated carbocycles. The molecule has 20 heavy (non-hydrogen) atoms. The second-order valence-corrected chi connectivity index (χ2v) is 4.10. The number of carbonyl (C=O) groups is 1. The van der Waals surface area contributed by atoms with Crippen molar-refractivity contribution in [1.29, 1.82) is 0 Å². The zero-order valence-corrected chi connectivity index (χ0v) is 10.8. The van der Waals surface area contributed by atoms with Crippen LogP contribution in [0.1, 0.15) is 15.9 Å². The number of ether oxygens (including phenoxy) is 1. The van der Waals surface area contributed by atoms with Gasteiger partial charge in [0, 0.05) is 5.56 Å². The third kappa shape index (κ3) is 3.29. The van der Waals surface area contributed by atoms with Gasteiger partial charge in [-0.2, -0.15) is 0 Å². The van der Waals surface area contributed by atoms with Gasteiger partial charge in [-0.1, -0.05) is 24.3 Å². The van der Waals surface area contributed by atoms with Crippen molar-refractivity contribution in [3.05, 3.63) is 71.3 Å². The fraction of sp³-hybridized carbons (Fsp3) is 0.0625. The minimum Gasteiger partial charge on any atom is -0.494 e. The number of halogens is 2.